The predicted octanol–water partition coefficient (Wildman–Crippen LogP) is 3.75. The molecule has 4 nitrogen and oxygen atoms in total. The highest BCUT2D eigenvalue weighted by atomic mass is 35.5. The van der Waals surface area contributed by atoms with Gasteiger partial charge in [0.1, 0.15) is 6.61 Å². The molecular formula is C14H14Cl2O4. The average molecular weight is 317 g/mol. The Balaban J connectivity index is 2.41. The van der Waals surface area contributed by atoms with Crippen LogP contribution in [0.15, 0.2) is 12.1 Å². The molecule has 0 heterocycles. The van der Waals surface area contributed by atoms with E-state index in [0.717, 1.165) is 6.42 Å². The van der Waals surface area contributed by atoms with Crippen molar-refractivity contribution in [2.45, 2.75) is 25.9 Å². The van der Waals surface area contributed by atoms with Crippen LogP contribution in [-0.2, 0) is 9.53 Å². The van der Waals surface area contributed by atoms with Crippen molar-refractivity contribution in [3.63, 3.8) is 0 Å². The monoisotopic (exact) mass is 316 g/mol. The van der Waals surface area contributed by atoms with Gasteiger partial charge in [-0.3, -0.25) is 4.79 Å². The van der Waals surface area contributed by atoms with Gasteiger partial charge in [0.25, 0.3) is 0 Å². The third kappa shape index (κ3) is 2.68. The lowest BCUT2D eigenvalue weighted by molar-refractivity contribution is -0.145. The number of rotatable bonds is 5. The van der Waals surface area contributed by atoms with E-state index < -0.39 is 24.6 Å². The largest absolute Gasteiger partial charge is 0.480 e. The molecule has 6 heteroatoms. The molecule has 1 aliphatic rings. The van der Waals surface area contributed by atoms with E-state index in [4.69, 9.17) is 33.0 Å². The Morgan fingerprint density at radius 3 is 2.70 bits per heavy atom. The number of hydrogen-bond donors (Lipinski definition) is 1. The first-order chi connectivity index (χ1) is 9.47. The van der Waals surface area contributed by atoms with Gasteiger partial charge in [-0.15, -0.1) is 0 Å². The maximum atomic E-state index is 12.4. The molecule has 0 fully saturated rings. The number of carbonyl (C=O) groups excluding carboxylic acids is 1. The van der Waals surface area contributed by atoms with Gasteiger partial charge in [-0.05, 0) is 18.1 Å². The fourth-order valence-electron chi connectivity index (χ4n) is 2.55. The summed E-state index contributed by atoms with van der Waals surface area (Å²) in [6, 6.07) is 3.28. The summed E-state index contributed by atoms with van der Waals surface area (Å²) < 4.78 is 5.40. The van der Waals surface area contributed by atoms with Gasteiger partial charge in [-0.25, -0.2) is 4.79 Å². The van der Waals surface area contributed by atoms with Crippen LogP contribution in [-0.4, -0.2) is 23.5 Å². The highest BCUT2D eigenvalue weighted by Crippen LogP contribution is 2.45. The van der Waals surface area contributed by atoms with Crippen molar-refractivity contribution in [3.8, 4) is 0 Å². The molecular weight excluding hydrogens is 303 g/mol. The fourth-order valence-corrected chi connectivity index (χ4v) is 2.98. The number of halogens is 2. The first-order valence-corrected chi connectivity index (χ1v) is 7.08. The van der Waals surface area contributed by atoms with Crippen LogP contribution in [0.2, 0.25) is 10.0 Å². The van der Waals surface area contributed by atoms with Crippen LogP contribution in [0, 0.1) is 5.92 Å². The van der Waals surface area contributed by atoms with Crippen molar-refractivity contribution >= 4 is 35.0 Å². The summed E-state index contributed by atoms with van der Waals surface area (Å²) in [6.45, 7) is 1.51. The Morgan fingerprint density at radius 2 is 2.10 bits per heavy atom. The molecule has 2 atom stereocenters. The quantitative estimate of drug-likeness (QED) is 0.898. The van der Waals surface area contributed by atoms with Gasteiger partial charge in [0.15, 0.2) is 5.78 Å². The summed E-state index contributed by atoms with van der Waals surface area (Å²) in [6.07, 6.45) is 0.845. The number of fused-ring (bicyclic) bond motifs is 1. The van der Waals surface area contributed by atoms with Crippen LogP contribution >= 0.6 is 23.2 Å². The van der Waals surface area contributed by atoms with E-state index in [1.165, 1.54) is 0 Å². The molecule has 1 aromatic carbocycles. The molecule has 0 spiro atoms. The molecule has 0 saturated heterocycles. The molecule has 20 heavy (non-hydrogen) atoms. The Morgan fingerprint density at radius 1 is 1.40 bits per heavy atom. The number of hydrogen-bond acceptors (Lipinski definition) is 3. The van der Waals surface area contributed by atoms with Crippen LogP contribution in [0.1, 0.15) is 41.8 Å². The number of ether oxygens (including phenoxy) is 1. The zero-order valence-corrected chi connectivity index (χ0v) is 12.4. The van der Waals surface area contributed by atoms with E-state index in [1.54, 1.807) is 12.1 Å². The van der Waals surface area contributed by atoms with Crippen molar-refractivity contribution in [1.82, 2.24) is 0 Å². The van der Waals surface area contributed by atoms with Gasteiger partial charge in [0.2, 0.25) is 0 Å². The molecule has 108 valence electrons. The van der Waals surface area contributed by atoms with Crippen molar-refractivity contribution < 1.29 is 19.4 Å². The third-order valence-electron chi connectivity index (χ3n) is 3.37. The molecule has 0 radical (unpaired) electrons. The molecule has 1 aliphatic carbocycles. The predicted molar refractivity (Wildman–Crippen MR) is 75.5 cm³/mol. The average Bonchev–Trinajstić information content (AvgIpc) is 2.66. The molecule has 0 aliphatic heterocycles. The molecule has 0 aromatic heterocycles. The lowest BCUT2D eigenvalue weighted by Crippen LogP contribution is -2.19. The molecule has 1 aromatic rings. The molecule has 2 rings (SSSR count). The first-order valence-electron chi connectivity index (χ1n) is 6.32. The minimum atomic E-state index is -1.07. The standard InChI is InChI=1S/C14H14Cl2O4/c1-2-3-8-13(19)11-7(4-5-9(15)12(11)16)14(8)20-6-10(17)18/h4-5,8,14H,2-3,6H2,1H3,(H,17,18). The van der Waals surface area contributed by atoms with Crippen LogP contribution in [0.3, 0.4) is 0 Å². The second-order valence-corrected chi connectivity index (χ2v) is 5.50. The van der Waals surface area contributed by atoms with E-state index >= 15 is 0 Å². The fraction of sp³-hybridized carbons (Fsp3) is 0.429. The van der Waals surface area contributed by atoms with Crippen molar-refractivity contribution in [2.24, 2.45) is 5.92 Å². The highest BCUT2D eigenvalue weighted by Gasteiger charge is 2.41. The Kier molecular flexibility index (Phi) is 4.68. The van der Waals surface area contributed by atoms with Gasteiger partial charge in [-0.1, -0.05) is 42.6 Å². The van der Waals surface area contributed by atoms with E-state index in [-0.39, 0.29) is 10.8 Å². The summed E-state index contributed by atoms with van der Waals surface area (Å²) in [5, 5.41) is 9.28. The van der Waals surface area contributed by atoms with Crippen molar-refractivity contribution in [3.05, 3.63) is 33.3 Å². The lowest BCUT2D eigenvalue weighted by Gasteiger charge is -2.18. The lowest BCUT2D eigenvalue weighted by atomic mass is 9.97. The molecule has 0 bridgehead atoms. The number of aliphatic carboxylic acids is 1. The zero-order chi connectivity index (χ0) is 14.9. The molecule has 0 saturated carbocycles. The van der Waals surface area contributed by atoms with Crippen LogP contribution in [0.4, 0.5) is 0 Å². The van der Waals surface area contributed by atoms with Gasteiger partial charge >= 0.3 is 5.97 Å². The molecule has 0 amide bonds. The van der Waals surface area contributed by atoms with Crippen LogP contribution < -0.4 is 0 Å². The minimum Gasteiger partial charge on any atom is -0.480 e. The Bertz CT molecular complexity index is 556. The van der Waals surface area contributed by atoms with Gasteiger partial charge in [0.05, 0.1) is 22.1 Å². The van der Waals surface area contributed by atoms with E-state index in [1.807, 2.05) is 6.92 Å². The van der Waals surface area contributed by atoms with E-state index in [2.05, 4.69) is 0 Å². The van der Waals surface area contributed by atoms with Crippen LogP contribution in [0.25, 0.3) is 0 Å². The second kappa shape index (κ2) is 6.12. The van der Waals surface area contributed by atoms with Gasteiger partial charge in [-0.2, -0.15) is 0 Å². The number of carboxylic acids is 1. The highest BCUT2D eigenvalue weighted by molar-refractivity contribution is 6.44. The van der Waals surface area contributed by atoms with Crippen LogP contribution in [0.5, 0.6) is 0 Å². The van der Waals surface area contributed by atoms with E-state index in [0.29, 0.717) is 22.6 Å². The van der Waals surface area contributed by atoms with Crippen molar-refractivity contribution in [2.75, 3.05) is 6.61 Å². The number of Topliss-reactive ketones (excluding diaryl/α,β-unsaturated/α-hetero) is 1. The van der Waals surface area contributed by atoms with E-state index in [9.17, 15) is 9.59 Å². The maximum absolute atomic E-state index is 12.4. The summed E-state index contributed by atoms with van der Waals surface area (Å²) in [7, 11) is 0. The number of benzene rings is 1. The zero-order valence-electron chi connectivity index (χ0n) is 10.9. The van der Waals surface area contributed by atoms with Gasteiger partial charge in [0, 0.05) is 5.56 Å². The third-order valence-corrected chi connectivity index (χ3v) is 4.17. The summed E-state index contributed by atoms with van der Waals surface area (Å²) in [4.78, 5) is 23.1. The molecule has 2 unspecified atom stereocenters. The second-order valence-electron chi connectivity index (χ2n) is 4.71. The summed E-state index contributed by atoms with van der Waals surface area (Å²) >= 11 is 12.0. The summed E-state index contributed by atoms with van der Waals surface area (Å²) in [5.74, 6) is -1.59. The smallest absolute Gasteiger partial charge is 0.329 e. The number of ketones is 1. The Hall–Kier alpha value is -1.10. The maximum Gasteiger partial charge on any atom is 0.329 e. The minimum absolute atomic E-state index is 0.121. The Labute approximate surface area is 126 Å². The normalized spacial score (nSPS) is 21.1. The SMILES string of the molecule is CCCC1C(=O)c2c(ccc(Cl)c2Cl)C1OCC(=O)O. The molecule has 1 N–H and O–H groups in total. The van der Waals surface area contributed by atoms with Crippen molar-refractivity contribution in [1.29, 1.82) is 0 Å². The first kappa shape index (κ1) is 15.3. The number of carbonyl (C=O) groups is 2. The van der Waals surface area contributed by atoms with Gasteiger partial charge < -0.3 is 9.84 Å². The number of carboxylic acid groups (broad SMARTS) is 1. The topological polar surface area (TPSA) is 63.6 Å². The summed E-state index contributed by atoms with van der Waals surface area (Å²) in [5.41, 5.74) is 0.997.